The topological polar surface area (TPSA) is 116 Å². The Labute approximate surface area is 161 Å². The average Bonchev–Trinajstić information content (AvgIpc) is 3.14. The number of carboxylic acids is 1. The summed E-state index contributed by atoms with van der Waals surface area (Å²) in [7, 11) is 1.55. The second kappa shape index (κ2) is 9.81. The average molecular weight is 384 g/mol. The van der Waals surface area contributed by atoms with Gasteiger partial charge < -0.3 is 14.6 Å². The Kier molecular flexibility index (Phi) is 7.21. The molecule has 0 aliphatic carbocycles. The number of ether oxygens (including phenoxy) is 2. The van der Waals surface area contributed by atoms with E-state index in [9.17, 15) is 4.79 Å². The fourth-order valence-electron chi connectivity index (χ4n) is 2.20. The van der Waals surface area contributed by atoms with Gasteiger partial charge in [0, 0.05) is 25.3 Å². The third kappa shape index (κ3) is 5.37. The van der Waals surface area contributed by atoms with Crippen molar-refractivity contribution in [1.29, 1.82) is 0 Å². The van der Waals surface area contributed by atoms with Crippen LogP contribution in [0.4, 0.5) is 0 Å². The Morgan fingerprint density at radius 3 is 2.46 bits per heavy atom. The minimum atomic E-state index is -0.833. The normalized spacial score (nSPS) is 9.82. The minimum absolute atomic E-state index is 0.216. The van der Waals surface area contributed by atoms with E-state index in [0.717, 1.165) is 6.92 Å². The first kappa shape index (κ1) is 20.6. The number of nitrogens with zero attached hydrogens (tertiary/aromatic N) is 4. The number of hydrogen-bond acceptors (Lipinski definition) is 7. The maximum Gasteiger partial charge on any atom is 0.358 e. The van der Waals surface area contributed by atoms with Gasteiger partial charge in [0.05, 0.1) is 37.0 Å². The summed E-state index contributed by atoms with van der Waals surface area (Å²) in [6, 6.07) is 10.7. The first-order chi connectivity index (χ1) is 13.5. The van der Waals surface area contributed by atoms with Crippen LogP contribution in [-0.2, 0) is 9.53 Å². The Morgan fingerprint density at radius 2 is 1.93 bits per heavy atom. The van der Waals surface area contributed by atoms with Crippen molar-refractivity contribution in [2.24, 2.45) is 0 Å². The van der Waals surface area contributed by atoms with Crippen molar-refractivity contribution in [3.63, 3.8) is 0 Å². The van der Waals surface area contributed by atoms with Gasteiger partial charge in [-0.2, -0.15) is 5.10 Å². The van der Waals surface area contributed by atoms with Crippen molar-refractivity contribution in [2.45, 2.75) is 13.8 Å². The van der Waals surface area contributed by atoms with E-state index in [2.05, 4.69) is 15.1 Å². The second-order valence-electron chi connectivity index (χ2n) is 5.34. The molecule has 0 amide bonds. The maximum absolute atomic E-state index is 12.0. The van der Waals surface area contributed by atoms with Crippen LogP contribution in [0.15, 0.2) is 48.8 Å². The highest BCUT2D eigenvalue weighted by Crippen LogP contribution is 2.23. The molecule has 0 saturated heterocycles. The highest BCUT2D eigenvalue weighted by molar-refractivity contribution is 5.88. The lowest BCUT2D eigenvalue weighted by Crippen LogP contribution is -2.07. The van der Waals surface area contributed by atoms with E-state index in [1.807, 2.05) is 18.2 Å². The molecule has 3 rings (SSSR count). The van der Waals surface area contributed by atoms with Crippen molar-refractivity contribution >= 4 is 11.9 Å². The van der Waals surface area contributed by atoms with Crippen LogP contribution in [0.25, 0.3) is 17.1 Å². The summed E-state index contributed by atoms with van der Waals surface area (Å²) in [5.41, 5.74) is 2.27. The fourth-order valence-corrected chi connectivity index (χ4v) is 2.20. The molecule has 0 fully saturated rings. The molecule has 1 N–H and O–H groups in total. The lowest BCUT2D eigenvalue weighted by Gasteiger charge is -2.07. The van der Waals surface area contributed by atoms with Gasteiger partial charge in [0.15, 0.2) is 5.69 Å². The van der Waals surface area contributed by atoms with Crippen molar-refractivity contribution in [2.75, 3.05) is 13.7 Å². The molecule has 0 spiro atoms. The van der Waals surface area contributed by atoms with Gasteiger partial charge in [-0.3, -0.25) is 9.78 Å². The standard InChI is InChI=1S/C17H16N4O3.C2H4O2/c1-3-24-17(22)14-10-15(13-6-4-5-9-18-13)21(20-14)12-7-8-16(23-2)19-11-12;1-2(3)4/h4-11H,3H2,1-2H3;1H3,(H,3,4). The van der Waals surface area contributed by atoms with Gasteiger partial charge in [-0.05, 0) is 25.1 Å². The van der Waals surface area contributed by atoms with Crippen molar-refractivity contribution in [3.8, 4) is 23.0 Å². The summed E-state index contributed by atoms with van der Waals surface area (Å²) < 4.78 is 11.7. The molecule has 0 saturated carbocycles. The zero-order valence-corrected chi connectivity index (χ0v) is 15.7. The molecule has 0 aromatic carbocycles. The molecule has 0 atom stereocenters. The van der Waals surface area contributed by atoms with Crippen molar-refractivity contribution in [1.82, 2.24) is 19.7 Å². The molecule has 0 aliphatic rings. The molecule has 0 bridgehead atoms. The number of rotatable bonds is 5. The zero-order valence-electron chi connectivity index (χ0n) is 15.7. The third-order valence-corrected chi connectivity index (χ3v) is 3.30. The van der Waals surface area contributed by atoms with Crippen LogP contribution in [0.2, 0.25) is 0 Å². The Hall–Kier alpha value is -3.75. The van der Waals surface area contributed by atoms with Crippen LogP contribution in [0.5, 0.6) is 5.88 Å². The fraction of sp³-hybridized carbons (Fsp3) is 0.211. The smallest absolute Gasteiger partial charge is 0.358 e. The molecule has 0 unspecified atom stereocenters. The molecular weight excluding hydrogens is 364 g/mol. The molecule has 28 heavy (non-hydrogen) atoms. The van der Waals surface area contributed by atoms with Crippen LogP contribution in [0.1, 0.15) is 24.3 Å². The zero-order chi connectivity index (χ0) is 20.5. The molecule has 3 aromatic rings. The summed E-state index contributed by atoms with van der Waals surface area (Å²) in [6.07, 6.45) is 3.30. The quantitative estimate of drug-likeness (QED) is 0.667. The largest absolute Gasteiger partial charge is 0.481 e. The van der Waals surface area contributed by atoms with Crippen molar-refractivity contribution < 1.29 is 24.2 Å². The van der Waals surface area contributed by atoms with Gasteiger partial charge >= 0.3 is 5.97 Å². The summed E-state index contributed by atoms with van der Waals surface area (Å²) in [5.74, 6) is -0.814. The Balaban J connectivity index is 0.000000640. The van der Waals surface area contributed by atoms with Gasteiger partial charge in [-0.1, -0.05) is 6.07 Å². The third-order valence-electron chi connectivity index (χ3n) is 3.30. The van der Waals surface area contributed by atoms with Gasteiger partial charge in [-0.25, -0.2) is 14.5 Å². The summed E-state index contributed by atoms with van der Waals surface area (Å²) >= 11 is 0. The number of aromatic nitrogens is 4. The van der Waals surface area contributed by atoms with Gasteiger partial charge in [0.25, 0.3) is 5.97 Å². The van der Waals surface area contributed by atoms with Gasteiger partial charge in [-0.15, -0.1) is 0 Å². The Bertz CT molecular complexity index is 919. The molecule has 9 nitrogen and oxygen atoms in total. The summed E-state index contributed by atoms with van der Waals surface area (Å²) in [5, 5.41) is 11.8. The first-order valence-electron chi connectivity index (χ1n) is 8.34. The van der Waals surface area contributed by atoms with Crippen molar-refractivity contribution in [3.05, 3.63) is 54.5 Å². The molecule has 9 heteroatoms. The van der Waals surface area contributed by atoms with Gasteiger partial charge in [0.2, 0.25) is 5.88 Å². The number of carbonyl (C=O) groups excluding carboxylic acids is 1. The van der Waals surface area contributed by atoms with E-state index in [0.29, 0.717) is 23.0 Å². The van der Waals surface area contributed by atoms with Crippen LogP contribution in [-0.4, -0.2) is 50.5 Å². The molecule has 0 aliphatic heterocycles. The summed E-state index contributed by atoms with van der Waals surface area (Å²) in [6.45, 7) is 3.12. The van der Waals surface area contributed by atoms with E-state index in [1.165, 1.54) is 0 Å². The predicted octanol–water partition coefficient (Wildman–Crippen LogP) is 2.61. The van der Waals surface area contributed by atoms with E-state index in [-0.39, 0.29) is 12.3 Å². The SMILES string of the molecule is CC(=O)O.CCOC(=O)c1cc(-c2ccccn2)n(-c2ccc(OC)nc2)n1. The van der Waals surface area contributed by atoms with Crippen LogP contribution in [0, 0.1) is 0 Å². The number of carboxylic acid groups (broad SMARTS) is 1. The Morgan fingerprint density at radius 1 is 1.18 bits per heavy atom. The first-order valence-corrected chi connectivity index (χ1v) is 8.34. The monoisotopic (exact) mass is 384 g/mol. The molecule has 3 aromatic heterocycles. The van der Waals surface area contributed by atoms with Crippen LogP contribution < -0.4 is 4.74 Å². The summed E-state index contributed by atoms with van der Waals surface area (Å²) in [4.78, 5) is 29.5. The number of hydrogen-bond donors (Lipinski definition) is 1. The number of esters is 1. The highest BCUT2D eigenvalue weighted by atomic mass is 16.5. The molecular formula is C19H20N4O5. The lowest BCUT2D eigenvalue weighted by molar-refractivity contribution is -0.134. The van der Waals surface area contributed by atoms with Gasteiger partial charge in [0.1, 0.15) is 0 Å². The molecule has 146 valence electrons. The highest BCUT2D eigenvalue weighted by Gasteiger charge is 2.18. The number of carbonyl (C=O) groups is 2. The van der Waals surface area contributed by atoms with E-state index < -0.39 is 11.9 Å². The number of pyridine rings is 2. The molecule has 3 heterocycles. The second-order valence-corrected chi connectivity index (χ2v) is 5.34. The van der Waals surface area contributed by atoms with Crippen LogP contribution in [0.3, 0.4) is 0 Å². The number of aliphatic carboxylic acids is 1. The maximum atomic E-state index is 12.0. The number of methoxy groups -OCH3 is 1. The van der Waals surface area contributed by atoms with E-state index in [4.69, 9.17) is 19.4 Å². The minimum Gasteiger partial charge on any atom is -0.481 e. The van der Waals surface area contributed by atoms with E-state index >= 15 is 0 Å². The van der Waals surface area contributed by atoms with E-state index in [1.54, 1.807) is 49.3 Å². The van der Waals surface area contributed by atoms with Crippen LogP contribution >= 0.6 is 0 Å². The lowest BCUT2D eigenvalue weighted by atomic mass is 10.2. The molecule has 0 radical (unpaired) electrons. The predicted molar refractivity (Wildman–Crippen MR) is 100 cm³/mol.